The molecule has 1 nitrogen and oxygen atoms in total. The molecular formula is C24H34O. The van der Waals surface area contributed by atoms with Crippen molar-refractivity contribution in [1.29, 1.82) is 0 Å². The topological polar surface area (TPSA) is 9.23 Å². The maximum atomic E-state index is 5.06. The van der Waals surface area contributed by atoms with E-state index < -0.39 is 0 Å². The average molecular weight is 339 g/mol. The van der Waals surface area contributed by atoms with E-state index in [1.165, 1.54) is 29.6 Å². The third kappa shape index (κ3) is 9.56. The zero-order valence-corrected chi connectivity index (χ0v) is 16.6. The first-order chi connectivity index (χ1) is 12.0. The maximum Gasteiger partial charge on any atom is 0.118 e. The summed E-state index contributed by atoms with van der Waals surface area (Å²) in [4.78, 5) is 0. The van der Waals surface area contributed by atoms with E-state index in [9.17, 15) is 0 Å². The van der Waals surface area contributed by atoms with Gasteiger partial charge >= 0.3 is 0 Å². The standard InChI is InChI=1S/C13H18O.C11H16/c1-4-5-6-12-7-9-13(10-8-12)11(2)14-3;1-5-8-10(4)11(7-3)9-6-2/h7-10H,2,4-6H2,1,3H3;5-9H,1H2,2-4H3/b;9-6-,10-8-,11-7-. The van der Waals surface area contributed by atoms with Crippen molar-refractivity contribution < 1.29 is 4.74 Å². The summed E-state index contributed by atoms with van der Waals surface area (Å²) in [6, 6.07) is 8.43. The van der Waals surface area contributed by atoms with Gasteiger partial charge in [-0.3, -0.25) is 0 Å². The van der Waals surface area contributed by atoms with E-state index in [1.54, 1.807) is 7.11 Å². The number of hydrogen-bond acceptors (Lipinski definition) is 1. The molecule has 0 aliphatic heterocycles. The van der Waals surface area contributed by atoms with E-state index in [-0.39, 0.29) is 0 Å². The number of allylic oxidation sites excluding steroid dienone is 7. The number of unbranched alkanes of at least 4 members (excludes halogenated alkanes) is 1. The van der Waals surface area contributed by atoms with E-state index in [1.807, 2.05) is 32.1 Å². The van der Waals surface area contributed by atoms with Crippen LogP contribution in [0.3, 0.4) is 0 Å². The van der Waals surface area contributed by atoms with Gasteiger partial charge in [0.1, 0.15) is 5.76 Å². The smallest absolute Gasteiger partial charge is 0.118 e. The average Bonchev–Trinajstić information content (AvgIpc) is 2.64. The first-order valence-corrected chi connectivity index (χ1v) is 8.94. The van der Waals surface area contributed by atoms with Crippen LogP contribution in [0.5, 0.6) is 0 Å². The molecule has 1 aromatic rings. The molecule has 0 amide bonds. The van der Waals surface area contributed by atoms with E-state index in [2.05, 4.69) is 63.4 Å². The summed E-state index contributed by atoms with van der Waals surface area (Å²) in [7, 11) is 1.65. The zero-order chi connectivity index (χ0) is 19.1. The van der Waals surface area contributed by atoms with E-state index in [4.69, 9.17) is 4.74 Å². The fourth-order valence-electron chi connectivity index (χ4n) is 2.26. The van der Waals surface area contributed by atoms with Crippen LogP contribution in [0.4, 0.5) is 0 Å². The van der Waals surface area contributed by atoms with Gasteiger partial charge in [-0.1, -0.05) is 81.1 Å². The number of aryl methyl sites for hydroxylation is 1. The normalized spacial score (nSPS) is 11.7. The van der Waals surface area contributed by atoms with Crippen molar-refractivity contribution in [2.24, 2.45) is 0 Å². The molecule has 0 fully saturated rings. The fraction of sp³-hybridized carbons (Fsp3) is 0.333. The molecule has 0 unspecified atom stereocenters. The first kappa shape index (κ1) is 22.7. The Hall–Kier alpha value is -2.28. The largest absolute Gasteiger partial charge is 0.497 e. The lowest BCUT2D eigenvalue weighted by Crippen LogP contribution is -1.88. The van der Waals surface area contributed by atoms with Crippen molar-refractivity contribution in [3.05, 3.63) is 90.1 Å². The molecule has 1 aromatic carbocycles. The quantitative estimate of drug-likeness (QED) is 0.357. The molecule has 1 heteroatoms. The van der Waals surface area contributed by atoms with Crippen molar-refractivity contribution in [2.75, 3.05) is 7.11 Å². The molecular weight excluding hydrogens is 304 g/mol. The second-order valence-electron chi connectivity index (χ2n) is 5.76. The van der Waals surface area contributed by atoms with Gasteiger partial charge in [-0.2, -0.15) is 0 Å². The van der Waals surface area contributed by atoms with Crippen LogP contribution in [-0.4, -0.2) is 7.11 Å². The molecule has 0 saturated carbocycles. The summed E-state index contributed by atoms with van der Waals surface area (Å²) >= 11 is 0. The Kier molecular flexibility index (Phi) is 12.8. The molecule has 0 saturated heterocycles. The minimum Gasteiger partial charge on any atom is -0.497 e. The molecule has 0 aromatic heterocycles. The van der Waals surface area contributed by atoms with Crippen molar-refractivity contribution in [3.8, 4) is 0 Å². The highest BCUT2D eigenvalue weighted by Gasteiger charge is 1.98. The van der Waals surface area contributed by atoms with Gasteiger partial charge in [-0.25, -0.2) is 0 Å². The molecule has 0 spiro atoms. The Balaban J connectivity index is 0.000000477. The van der Waals surface area contributed by atoms with E-state index in [0.717, 1.165) is 17.7 Å². The molecule has 0 aliphatic rings. The van der Waals surface area contributed by atoms with Crippen LogP contribution in [0.1, 0.15) is 51.7 Å². The first-order valence-electron chi connectivity index (χ1n) is 8.94. The van der Waals surface area contributed by atoms with Gasteiger partial charge < -0.3 is 4.74 Å². The molecule has 0 N–H and O–H groups in total. The monoisotopic (exact) mass is 338 g/mol. The second-order valence-corrected chi connectivity index (χ2v) is 5.76. The van der Waals surface area contributed by atoms with Crippen LogP contribution in [-0.2, 0) is 11.2 Å². The number of ether oxygens (including phenoxy) is 1. The lowest BCUT2D eigenvalue weighted by atomic mass is 10.1. The highest BCUT2D eigenvalue weighted by Crippen LogP contribution is 2.14. The minimum absolute atomic E-state index is 0.729. The lowest BCUT2D eigenvalue weighted by molar-refractivity contribution is 0.371. The summed E-state index contributed by atoms with van der Waals surface area (Å²) in [5.41, 5.74) is 4.96. The molecule has 0 atom stereocenters. The zero-order valence-electron chi connectivity index (χ0n) is 16.6. The van der Waals surface area contributed by atoms with E-state index >= 15 is 0 Å². The van der Waals surface area contributed by atoms with Gasteiger partial charge in [0.05, 0.1) is 7.11 Å². The molecule has 0 bridgehead atoms. The van der Waals surface area contributed by atoms with E-state index in [0.29, 0.717) is 0 Å². The summed E-state index contributed by atoms with van der Waals surface area (Å²) in [5.74, 6) is 0.729. The van der Waals surface area contributed by atoms with Crippen LogP contribution < -0.4 is 0 Å². The summed E-state index contributed by atoms with van der Waals surface area (Å²) in [6.45, 7) is 15.8. The van der Waals surface area contributed by atoms with Crippen LogP contribution >= 0.6 is 0 Å². The Morgan fingerprint density at radius 3 is 2.24 bits per heavy atom. The van der Waals surface area contributed by atoms with Crippen LogP contribution in [0.2, 0.25) is 0 Å². The number of benzene rings is 1. The van der Waals surface area contributed by atoms with Gasteiger partial charge in [0.15, 0.2) is 0 Å². The Morgan fingerprint density at radius 2 is 1.80 bits per heavy atom. The second kappa shape index (κ2) is 14.1. The summed E-state index contributed by atoms with van der Waals surface area (Å²) < 4.78 is 5.06. The third-order valence-corrected chi connectivity index (χ3v) is 3.82. The fourth-order valence-corrected chi connectivity index (χ4v) is 2.26. The van der Waals surface area contributed by atoms with Crippen molar-refractivity contribution in [1.82, 2.24) is 0 Å². The van der Waals surface area contributed by atoms with Crippen molar-refractivity contribution >= 4 is 5.76 Å². The molecule has 1 rings (SSSR count). The van der Waals surface area contributed by atoms with Gasteiger partial charge in [0.2, 0.25) is 0 Å². The van der Waals surface area contributed by atoms with Crippen LogP contribution in [0.15, 0.2) is 78.9 Å². The van der Waals surface area contributed by atoms with Crippen molar-refractivity contribution in [3.63, 3.8) is 0 Å². The summed E-state index contributed by atoms with van der Waals surface area (Å²) in [5, 5.41) is 0. The third-order valence-electron chi connectivity index (χ3n) is 3.82. The maximum absolute atomic E-state index is 5.06. The molecule has 0 heterocycles. The van der Waals surface area contributed by atoms with Gasteiger partial charge in [-0.05, 0) is 50.3 Å². The van der Waals surface area contributed by atoms with Gasteiger partial charge in [0.25, 0.3) is 0 Å². The van der Waals surface area contributed by atoms with Crippen LogP contribution in [0, 0.1) is 0 Å². The number of rotatable bonds is 8. The summed E-state index contributed by atoms with van der Waals surface area (Å²) in [6.07, 6.45) is 13.7. The lowest BCUT2D eigenvalue weighted by Gasteiger charge is -2.05. The predicted octanol–water partition coefficient (Wildman–Crippen LogP) is 7.29. The molecule has 136 valence electrons. The minimum atomic E-state index is 0.729. The Morgan fingerprint density at radius 1 is 1.16 bits per heavy atom. The van der Waals surface area contributed by atoms with Gasteiger partial charge in [0, 0.05) is 5.56 Å². The SMILES string of the molecule is C=C(OC)c1ccc(CCCC)cc1.C=C\C=C(C)/C(/C=C\C)=C\C. The molecule has 25 heavy (non-hydrogen) atoms. The number of hydrogen-bond donors (Lipinski definition) is 0. The number of methoxy groups -OCH3 is 1. The van der Waals surface area contributed by atoms with Crippen LogP contribution in [0.25, 0.3) is 5.76 Å². The van der Waals surface area contributed by atoms with Gasteiger partial charge in [-0.15, -0.1) is 0 Å². The Bertz CT molecular complexity index is 597. The predicted molar refractivity (Wildman–Crippen MR) is 114 cm³/mol. The molecule has 0 radical (unpaired) electrons. The molecule has 0 aliphatic carbocycles. The highest BCUT2D eigenvalue weighted by atomic mass is 16.5. The highest BCUT2D eigenvalue weighted by molar-refractivity contribution is 5.57. The van der Waals surface area contributed by atoms with Crippen molar-refractivity contribution in [2.45, 2.75) is 47.0 Å². The Labute approximate surface area is 155 Å².